The van der Waals surface area contributed by atoms with E-state index in [9.17, 15) is 4.79 Å². The van der Waals surface area contributed by atoms with Crippen LogP contribution in [0.25, 0.3) is 17.3 Å². The summed E-state index contributed by atoms with van der Waals surface area (Å²) in [5.41, 5.74) is 1.84. The Kier molecular flexibility index (Phi) is 4.43. The molecule has 0 saturated carbocycles. The minimum atomic E-state index is -0.274. The van der Waals surface area contributed by atoms with Crippen LogP contribution in [0.15, 0.2) is 47.3 Å². The highest BCUT2D eigenvalue weighted by Crippen LogP contribution is 2.20. The van der Waals surface area contributed by atoms with Crippen molar-refractivity contribution in [2.45, 2.75) is 6.73 Å². The van der Waals surface area contributed by atoms with Gasteiger partial charge in [-0.25, -0.2) is 4.68 Å². The van der Waals surface area contributed by atoms with Gasteiger partial charge < -0.3 is 4.74 Å². The lowest BCUT2D eigenvalue weighted by molar-refractivity contribution is 0.116. The molecule has 5 nitrogen and oxygen atoms in total. The highest BCUT2D eigenvalue weighted by atomic mass is 16.5. The van der Waals surface area contributed by atoms with E-state index in [1.54, 1.807) is 6.08 Å². The summed E-state index contributed by atoms with van der Waals surface area (Å²) >= 11 is 0. The number of hydrogen-bond donors (Lipinski definition) is 0. The summed E-state index contributed by atoms with van der Waals surface area (Å²) in [6, 6.07) is 12.8. The van der Waals surface area contributed by atoms with Gasteiger partial charge in [0.1, 0.15) is 6.73 Å². The van der Waals surface area contributed by atoms with E-state index in [0.717, 1.165) is 5.56 Å². The van der Waals surface area contributed by atoms with Gasteiger partial charge in [0.15, 0.2) is 0 Å². The van der Waals surface area contributed by atoms with Crippen molar-refractivity contribution in [1.29, 1.82) is 5.26 Å². The van der Waals surface area contributed by atoms with Crippen LogP contribution in [0.2, 0.25) is 0 Å². The van der Waals surface area contributed by atoms with Crippen molar-refractivity contribution in [2.24, 2.45) is 0 Å². The maximum Gasteiger partial charge on any atom is 0.269 e. The second-order valence-corrected chi connectivity index (χ2v) is 4.03. The highest BCUT2D eigenvalue weighted by molar-refractivity contribution is 5.71. The third-order valence-electron chi connectivity index (χ3n) is 2.66. The number of allylic oxidation sites excluding steroid dienone is 1. The minimum Gasteiger partial charge on any atom is -0.362 e. The van der Waals surface area contributed by atoms with Crippen LogP contribution >= 0.6 is 0 Å². The molecule has 0 spiro atoms. The number of nitrogens with zero attached hydrogens (tertiary/aromatic N) is 3. The van der Waals surface area contributed by atoms with Gasteiger partial charge in [0, 0.05) is 30.4 Å². The fraction of sp³-hybridized carbons (Fsp3) is 0.133. The lowest BCUT2D eigenvalue weighted by Crippen LogP contribution is -2.24. The van der Waals surface area contributed by atoms with Crippen LogP contribution in [0.4, 0.5) is 0 Å². The highest BCUT2D eigenvalue weighted by Gasteiger charge is 2.08. The Balaban J connectivity index is 2.62. The predicted molar refractivity (Wildman–Crippen MR) is 75.6 cm³/mol. The third-order valence-corrected chi connectivity index (χ3v) is 2.66. The maximum absolute atomic E-state index is 11.9. The van der Waals surface area contributed by atoms with Gasteiger partial charge in [-0.1, -0.05) is 30.3 Å². The first kappa shape index (κ1) is 13.7. The molecule has 0 radical (unpaired) electrons. The van der Waals surface area contributed by atoms with Crippen molar-refractivity contribution in [3.63, 3.8) is 0 Å². The molecule has 0 amide bonds. The zero-order valence-electron chi connectivity index (χ0n) is 11.0. The van der Waals surface area contributed by atoms with Gasteiger partial charge in [0.2, 0.25) is 0 Å². The summed E-state index contributed by atoms with van der Waals surface area (Å²) in [4.78, 5) is 11.9. The van der Waals surface area contributed by atoms with E-state index in [4.69, 9.17) is 10.00 Å². The van der Waals surface area contributed by atoms with Crippen LogP contribution in [0.3, 0.4) is 0 Å². The molecule has 100 valence electrons. The number of hydrogen-bond acceptors (Lipinski definition) is 4. The molecular formula is C15H13N3O2. The Labute approximate surface area is 116 Å². The van der Waals surface area contributed by atoms with Crippen molar-refractivity contribution >= 4 is 6.08 Å². The molecule has 1 aromatic carbocycles. The van der Waals surface area contributed by atoms with Gasteiger partial charge in [-0.15, -0.1) is 0 Å². The summed E-state index contributed by atoms with van der Waals surface area (Å²) in [6.45, 7) is 0.0842. The number of nitriles is 1. The van der Waals surface area contributed by atoms with Crippen molar-refractivity contribution in [3.05, 3.63) is 58.4 Å². The van der Waals surface area contributed by atoms with Crippen molar-refractivity contribution in [2.75, 3.05) is 7.11 Å². The zero-order chi connectivity index (χ0) is 14.4. The van der Waals surface area contributed by atoms with Crippen LogP contribution < -0.4 is 5.56 Å². The molecule has 2 rings (SSSR count). The lowest BCUT2D eigenvalue weighted by Gasteiger charge is -2.09. The van der Waals surface area contributed by atoms with Gasteiger partial charge in [-0.3, -0.25) is 4.79 Å². The first-order chi connectivity index (χ1) is 9.76. The maximum atomic E-state index is 11.9. The first-order valence-corrected chi connectivity index (χ1v) is 5.99. The lowest BCUT2D eigenvalue weighted by atomic mass is 10.1. The van der Waals surface area contributed by atoms with Crippen molar-refractivity contribution in [3.8, 4) is 17.3 Å². The van der Waals surface area contributed by atoms with Crippen LogP contribution in [-0.4, -0.2) is 16.9 Å². The van der Waals surface area contributed by atoms with E-state index in [-0.39, 0.29) is 12.3 Å². The molecule has 1 aromatic heterocycles. The summed E-state index contributed by atoms with van der Waals surface area (Å²) in [5, 5.41) is 12.9. The summed E-state index contributed by atoms with van der Waals surface area (Å²) in [7, 11) is 1.50. The topological polar surface area (TPSA) is 67.9 Å². The molecule has 0 unspecified atom stereocenters. The molecule has 0 aliphatic carbocycles. The summed E-state index contributed by atoms with van der Waals surface area (Å²) in [5.74, 6) is 0. The molecule has 0 aliphatic rings. The van der Waals surface area contributed by atoms with Gasteiger partial charge in [-0.2, -0.15) is 10.4 Å². The van der Waals surface area contributed by atoms with Crippen LogP contribution in [-0.2, 0) is 11.5 Å². The average Bonchev–Trinajstić information content (AvgIpc) is 2.48. The molecular weight excluding hydrogens is 254 g/mol. The molecule has 5 heteroatoms. The summed E-state index contributed by atoms with van der Waals surface area (Å²) < 4.78 is 6.19. The Hall–Kier alpha value is -2.71. The molecule has 0 saturated heterocycles. The van der Waals surface area contributed by atoms with Gasteiger partial charge in [-0.05, 0) is 6.08 Å². The Morgan fingerprint density at radius 3 is 2.80 bits per heavy atom. The molecule has 0 bridgehead atoms. The van der Waals surface area contributed by atoms with E-state index >= 15 is 0 Å². The standard InChI is InChI=1S/C15H13N3O2/c1-20-11-18-14(19)10-13(8-5-9-16)15(17-18)12-6-3-2-4-7-12/h2-8,10H,11H2,1H3/b8-5+. The minimum absolute atomic E-state index is 0.0842. The van der Waals surface area contributed by atoms with E-state index in [1.807, 2.05) is 36.4 Å². The number of rotatable bonds is 4. The van der Waals surface area contributed by atoms with Gasteiger partial charge in [0.05, 0.1) is 11.8 Å². The van der Waals surface area contributed by atoms with Crippen LogP contribution in [0, 0.1) is 11.3 Å². The molecule has 0 fully saturated rings. The largest absolute Gasteiger partial charge is 0.362 e. The molecule has 2 aromatic rings. The second-order valence-electron chi connectivity index (χ2n) is 4.03. The molecule has 0 atom stereocenters. The van der Waals surface area contributed by atoms with E-state index in [2.05, 4.69) is 5.10 Å². The Bertz CT molecular complexity index is 712. The quantitative estimate of drug-likeness (QED) is 0.795. The van der Waals surface area contributed by atoms with Gasteiger partial charge in [0.25, 0.3) is 5.56 Å². The Morgan fingerprint density at radius 1 is 1.40 bits per heavy atom. The molecule has 20 heavy (non-hydrogen) atoms. The Morgan fingerprint density at radius 2 is 2.15 bits per heavy atom. The zero-order valence-corrected chi connectivity index (χ0v) is 11.0. The second kappa shape index (κ2) is 6.45. The average molecular weight is 267 g/mol. The predicted octanol–water partition coefficient (Wildman–Crippen LogP) is 2.05. The fourth-order valence-corrected chi connectivity index (χ4v) is 1.79. The normalized spacial score (nSPS) is 10.6. The van der Waals surface area contributed by atoms with Gasteiger partial charge >= 0.3 is 0 Å². The molecule has 1 heterocycles. The van der Waals surface area contributed by atoms with Crippen LogP contribution in [0.1, 0.15) is 5.56 Å². The SMILES string of the molecule is COCn1nc(-c2ccccc2)c(/C=C/C#N)cc1=O. The molecule has 0 N–H and O–H groups in total. The summed E-state index contributed by atoms with van der Waals surface area (Å²) in [6.07, 6.45) is 2.90. The van der Waals surface area contributed by atoms with E-state index in [0.29, 0.717) is 11.3 Å². The van der Waals surface area contributed by atoms with E-state index < -0.39 is 0 Å². The van der Waals surface area contributed by atoms with Crippen LogP contribution in [0.5, 0.6) is 0 Å². The monoisotopic (exact) mass is 267 g/mol. The van der Waals surface area contributed by atoms with Crippen molar-refractivity contribution in [1.82, 2.24) is 9.78 Å². The fourth-order valence-electron chi connectivity index (χ4n) is 1.79. The number of ether oxygens (including phenoxy) is 1. The van der Waals surface area contributed by atoms with Crippen molar-refractivity contribution < 1.29 is 4.74 Å². The molecule has 0 aliphatic heterocycles. The van der Waals surface area contributed by atoms with E-state index in [1.165, 1.54) is 23.9 Å². The number of benzene rings is 1. The smallest absolute Gasteiger partial charge is 0.269 e. The number of aromatic nitrogens is 2. The third kappa shape index (κ3) is 2.99. The first-order valence-electron chi connectivity index (χ1n) is 5.99. The number of methoxy groups -OCH3 is 1.